The minimum absolute atomic E-state index is 0.343. The van der Waals surface area contributed by atoms with Crippen molar-refractivity contribution in [3.05, 3.63) is 42.2 Å². The highest BCUT2D eigenvalue weighted by atomic mass is 19.1. The maximum Gasteiger partial charge on any atom is 0.188 e. The molecule has 130 valence electrons. The summed E-state index contributed by atoms with van der Waals surface area (Å²) in [4.78, 5) is 0. The predicted octanol–water partition coefficient (Wildman–Crippen LogP) is 3.16. The Bertz CT molecular complexity index is 862. The molecule has 1 aliphatic carbocycles. The maximum atomic E-state index is 14.0. The van der Waals surface area contributed by atoms with Crippen LogP contribution in [0.4, 0.5) is 10.2 Å². The minimum Gasteiger partial charge on any atom is -0.381 e. The van der Waals surface area contributed by atoms with Gasteiger partial charge in [0.25, 0.3) is 0 Å². The van der Waals surface area contributed by atoms with Gasteiger partial charge >= 0.3 is 0 Å². The Hall–Kier alpha value is -2.54. The first-order chi connectivity index (χ1) is 12.3. The Balaban J connectivity index is 1.42. The molecule has 1 N–H and O–H groups in total. The fourth-order valence-corrected chi connectivity index (χ4v) is 2.62. The zero-order chi connectivity index (χ0) is 17.1. The molecule has 25 heavy (non-hydrogen) atoms. The molecule has 1 aliphatic rings. The maximum absolute atomic E-state index is 14.0. The Morgan fingerprint density at radius 1 is 1.16 bits per heavy atom. The number of hydrogen-bond donors (Lipinski definition) is 1. The molecule has 0 spiro atoms. The quantitative estimate of drug-likeness (QED) is 0.638. The molecule has 7 heteroatoms. The Morgan fingerprint density at radius 3 is 2.88 bits per heavy atom. The molecule has 1 aromatic carbocycles. The number of ether oxygens (including phenoxy) is 1. The van der Waals surface area contributed by atoms with Crippen molar-refractivity contribution in [1.29, 1.82) is 0 Å². The fraction of sp³-hybridized carbons (Fsp3) is 0.389. The summed E-state index contributed by atoms with van der Waals surface area (Å²) in [6.45, 7) is 2.40. The van der Waals surface area contributed by atoms with Crippen molar-refractivity contribution < 1.29 is 9.13 Å². The summed E-state index contributed by atoms with van der Waals surface area (Å²) < 4.78 is 21.2. The number of hydrogen-bond acceptors (Lipinski definition) is 5. The summed E-state index contributed by atoms with van der Waals surface area (Å²) in [5.41, 5.74) is 0.963. The average molecular weight is 341 g/mol. The van der Waals surface area contributed by atoms with Gasteiger partial charge in [0.15, 0.2) is 11.5 Å². The molecule has 0 amide bonds. The second-order valence-electron chi connectivity index (χ2n) is 6.29. The zero-order valence-electron chi connectivity index (χ0n) is 13.9. The highest BCUT2D eigenvalue weighted by Crippen LogP contribution is 2.28. The lowest BCUT2D eigenvalue weighted by Crippen LogP contribution is -2.09. The number of benzene rings is 1. The highest BCUT2D eigenvalue weighted by molar-refractivity contribution is 5.60. The van der Waals surface area contributed by atoms with Crippen molar-refractivity contribution in [3.8, 4) is 11.4 Å². The molecule has 1 fully saturated rings. The minimum atomic E-state index is -0.343. The lowest BCUT2D eigenvalue weighted by Gasteiger charge is -2.07. The Morgan fingerprint density at radius 2 is 2.04 bits per heavy atom. The fourth-order valence-electron chi connectivity index (χ4n) is 2.62. The van der Waals surface area contributed by atoms with E-state index in [1.54, 1.807) is 22.7 Å². The van der Waals surface area contributed by atoms with Crippen LogP contribution in [0.5, 0.6) is 0 Å². The van der Waals surface area contributed by atoms with Crippen LogP contribution in [0.1, 0.15) is 19.3 Å². The van der Waals surface area contributed by atoms with E-state index in [1.807, 2.05) is 12.1 Å². The molecule has 2 heterocycles. The van der Waals surface area contributed by atoms with Crippen LogP contribution in [0.15, 0.2) is 36.4 Å². The Labute approximate surface area is 145 Å². The number of nitrogens with one attached hydrogen (secondary N) is 1. The molecule has 1 saturated carbocycles. The summed E-state index contributed by atoms with van der Waals surface area (Å²) in [5, 5.41) is 15.9. The van der Waals surface area contributed by atoms with Crippen molar-refractivity contribution in [3.63, 3.8) is 0 Å². The highest BCUT2D eigenvalue weighted by Gasteiger charge is 2.20. The van der Waals surface area contributed by atoms with E-state index >= 15 is 0 Å². The third-order valence-electron chi connectivity index (χ3n) is 4.20. The molecule has 6 nitrogen and oxygen atoms in total. The van der Waals surface area contributed by atoms with E-state index in [9.17, 15) is 4.39 Å². The van der Waals surface area contributed by atoms with Gasteiger partial charge in [-0.05, 0) is 49.4 Å². The first-order valence-corrected chi connectivity index (χ1v) is 8.60. The van der Waals surface area contributed by atoms with Gasteiger partial charge in [0, 0.05) is 19.8 Å². The molecule has 0 atom stereocenters. The second kappa shape index (κ2) is 7.14. The molecule has 3 aromatic rings. The summed E-state index contributed by atoms with van der Waals surface area (Å²) >= 11 is 0. The normalized spacial score (nSPS) is 14.1. The van der Waals surface area contributed by atoms with Gasteiger partial charge in [-0.25, -0.2) is 4.39 Å². The molecular formula is C18H20FN5O. The lowest BCUT2D eigenvalue weighted by molar-refractivity contribution is 0.124. The molecular weight excluding hydrogens is 321 g/mol. The summed E-state index contributed by atoms with van der Waals surface area (Å²) in [7, 11) is 0. The molecule has 4 rings (SSSR count). The van der Waals surface area contributed by atoms with Crippen LogP contribution < -0.4 is 5.32 Å². The van der Waals surface area contributed by atoms with Crippen LogP contribution in [0, 0.1) is 11.7 Å². The van der Waals surface area contributed by atoms with Gasteiger partial charge in [0.05, 0.1) is 5.56 Å². The van der Waals surface area contributed by atoms with Gasteiger partial charge in [0.1, 0.15) is 11.6 Å². The topological polar surface area (TPSA) is 64.3 Å². The number of rotatable bonds is 8. The summed E-state index contributed by atoms with van der Waals surface area (Å²) in [5.74, 6) is 1.55. The van der Waals surface area contributed by atoms with Crippen LogP contribution in [-0.2, 0) is 4.74 Å². The zero-order valence-corrected chi connectivity index (χ0v) is 13.9. The molecule has 0 saturated heterocycles. The number of halogens is 1. The van der Waals surface area contributed by atoms with E-state index < -0.39 is 0 Å². The number of aromatic nitrogens is 4. The van der Waals surface area contributed by atoms with Crippen LogP contribution in [-0.4, -0.2) is 39.6 Å². The third-order valence-corrected chi connectivity index (χ3v) is 4.20. The second-order valence-corrected chi connectivity index (χ2v) is 6.29. The summed E-state index contributed by atoms with van der Waals surface area (Å²) in [6, 6.07) is 10.2. The van der Waals surface area contributed by atoms with E-state index in [-0.39, 0.29) is 5.82 Å². The van der Waals surface area contributed by atoms with Crippen LogP contribution in [0.3, 0.4) is 0 Å². The van der Waals surface area contributed by atoms with E-state index in [1.165, 1.54) is 18.9 Å². The van der Waals surface area contributed by atoms with Crippen molar-refractivity contribution >= 4 is 11.5 Å². The first kappa shape index (κ1) is 16.0. The van der Waals surface area contributed by atoms with Gasteiger partial charge in [-0.15, -0.1) is 15.3 Å². The first-order valence-electron chi connectivity index (χ1n) is 8.60. The predicted molar refractivity (Wildman–Crippen MR) is 92.8 cm³/mol. The Kier molecular flexibility index (Phi) is 4.56. The van der Waals surface area contributed by atoms with Gasteiger partial charge in [-0.2, -0.15) is 4.52 Å². The standard InChI is InChI=1S/C18H20FN5O/c19-15-5-2-1-4-14(15)18-22-21-17-9-8-16(23-24(17)18)20-10-3-11-25-12-13-6-7-13/h1-2,4-5,8-9,13H,3,6-7,10-12H2,(H,20,23). The molecule has 2 aromatic heterocycles. The van der Waals surface area contributed by atoms with E-state index in [0.717, 1.165) is 32.1 Å². The van der Waals surface area contributed by atoms with E-state index in [0.29, 0.717) is 22.9 Å². The van der Waals surface area contributed by atoms with Crippen molar-refractivity contribution in [1.82, 2.24) is 19.8 Å². The van der Waals surface area contributed by atoms with Crippen molar-refractivity contribution in [2.75, 3.05) is 25.1 Å². The van der Waals surface area contributed by atoms with E-state index in [4.69, 9.17) is 4.74 Å². The van der Waals surface area contributed by atoms with Gasteiger partial charge in [-0.3, -0.25) is 0 Å². The van der Waals surface area contributed by atoms with Crippen molar-refractivity contribution in [2.24, 2.45) is 5.92 Å². The summed E-state index contributed by atoms with van der Waals surface area (Å²) in [6.07, 6.45) is 3.53. The SMILES string of the molecule is Fc1ccccc1-c1nnc2ccc(NCCCOCC3CC3)nn12. The van der Waals surface area contributed by atoms with Crippen LogP contribution >= 0.6 is 0 Å². The van der Waals surface area contributed by atoms with E-state index in [2.05, 4.69) is 20.6 Å². The number of nitrogens with zero attached hydrogens (tertiary/aromatic N) is 4. The molecule has 0 bridgehead atoms. The molecule has 0 unspecified atom stereocenters. The van der Waals surface area contributed by atoms with Gasteiger partial charge < -0.3 is 10.1 Å². The number of fused-ring (bicyclic) bond motifs is 1. The molecule has 0 radical (unpaired) electrons. The largest absolute Gasteiger partial charge is 0.381 e. The molecule has 0 aliphatic heterocycles. The number of anilines is 1. The monoisotopic (exact) mass is 341 g/mol. The van der Waals surface area contributed by atoms with Crippen LogP contribution in [0.25, 0.3) is 17.0 Å². The lowest BCUT2D eigenvalue weighted by atomic mass is 10.2. The smallest absolute Gasteiger partial charge is 0.188 e. The van der Waals surface area contributed by atoms with Gasteiger partial charge in [0.2, 0.25) is 0 Å². The third kappa shape index (κ3) is 3.76. The average Bonchev–Trinajstić information content (AvgIpc) is 3.36. The van der Waals surface area contributed by atoms with Crippen molar-refractivity contribution in [2.45, 2.75) is 19.3 Å². The van der Waals surface area contributed by atoms with Gasteiger partial charge in [-0.1, -0.05) is 12.1 Å². The van der Waals surface area contributed by atoms with Crippen LogP contribution in [0.2, 0.25) is 0 Å².